The van der Waals surface area contributed by atoms with Crippen LogP contribution in [0.25, 0.3) is 10.4 Å². The van der Waals surface area contributed by atoms with Crippen LogP contribution in [0.3, 0.4) is 0 Å². The van der Waals surface area contributed by atoms with Crippen LogP contribution in [0.15, 0.2) is 24.5 Å². The molecule has 3 rings (SSSR count). The Morgan fingerprint density at radius 2 is 2.04 bits per heavy atom. The summed E-state index contributed by atoms with van der Waals surface area (Å²) in [4.78, 5) is 24.1. The van der Waals surface area contributed by atoms with Gasteiger partial charge in [-0.25, -0.2) is 4.98 Å². The van der Waals surface area contributed by atoms with Crippen molar-refractivity contribution in [2.45, 2.75) is 20.4 Å². The van der Waals surface area contributed by atoms with Gasteiger partial charge in [-0.3, -0.25) is 9.78 Å². The molecule has 1 saturated heterocycles. The Kier molecular flexibility index (Phi) is 5.42. The molecule has 3 heterocycles. The van der Waals surface area contributed by atoms with Gasteiger partial charge in [0, 0.05) is 31.4 Å². The molecule has 0 aliphatic carbocycles. The Hall–Kier alpha value is -1.99. The predicted octanol–water partition coefficient (Wildman–Crippen LogP) is 2.31. The second kappa shape index (κ2) is 7.72. The lowest BCUT2D eigenvalue weighted by Crippen LogP contribution is -2.36. The fourth-order valence-electron chi connectivity index (χ4n) is 2.45. The van der Waals surface area contributed by atoms with Gasteiger partial charge >= 0.3 is 0 Å². The molecule has 0 atom stereocenters. The van der Waals surface area contributed by atoms with Crippen molar-refractivity contribution in [1.82, 2.24) is 15.3 Å². The van der Waals surface area contributed by atoms with E-state index in [1.807, 2.05) is 26.0 Å². The van der Waals surface area contributed by atoms with Crippen molar-refractivity contribution in [3.05, 3.63) is 30.2 Å². The van der Waals surface area contributed by atoms with Gasteiger partial charge in [0.1, 0.15) is 0 Å². The summed E-state index contributed by atoms with van der Waals surface area (Å²) in [7, 11) is 0. The summed E-state index contributed by atoms with van der Waals surface area (Å²) in [6.45, 7) is 7.36. The molecule has 1 N–H and O–H groups in total. The SMILES string of the molecule is CC(C)C(=O)NCc1nc(N2CCOCC2)sc1-c1ccncc1. The number of nitrogens with zero attached hydrogens (tertiary/aromatic N) is 3. The molecule has 1 fully saturated rings. The molecular weight excluding hydrogens is 324 g/mol. The molecule has 1 aliphatic heterocycles. The minimum absolute atomic E-state index is 0.0354. The number of hydrogen-bond acceptors (Lipinski definition) is 6. The minimum Gasteiger partial charge on any atom is -0.378 e. The molecule has 128 valence electrons. The van der Waals surface area contributed by atoms with Crippen molar-refractivity contribution in [2.75, 3.05) is 31.2 Å². The van der Waals surface area contributed by atoms with Crippen LogP contribution in [0.5, 0.6) is 0 Å². The number of thiazole rings is 1. The zero-order valence-corrected chi connectivity index (χ0v) is 14.8. The van der Waals surface area contributed by atoms with Gasteiger partial charge in [-0.1, -0.05) is 25.2 Å². The maximum atomic E-state index is 11.9. The van der Waals surface area contributed by atoms with Gasteiger partial charge in [-0.15, -0.1) is 0 Å². The van der Waals surface area contributed by atoms with Crippen LogP contribution in [-0.4, -0.2) is 42.2 Å². The fourth-order valence-corrected chi connectivity index (χ4v) is 3.59. The van der Waals surface area contributed by atoms with Gasteiger partial charge in [-0.05, 0) is 17.7 Å². The lowest BCUT2D eigenvalue weighted by molar-refractivity contribution is -0.124. The van der Waals surface area contributed by atoms with Crippen LogP contribution in [0.1, 0.15) is 19.5 Å². The average molecular weight is 346 g/mol. The molecule has 0 spiro atoms. The smallest absolute Gasteiger partial charge is 0.222 e. The van der Waals surface area contributed by atoms with Crippen LogP contribution in [0, 0.1) is 5.92 Å². The van der Waals surface area contributed by atoms with E-state index in [4.69, 9.17) is 9.72 Å². The number of nitrogens with one attached hydrogen (secondary N) is 1. The molecule has 2 aromatic rings. The Morgan fingerprint density at radius 3 is 2.71 bits per heavy atom. The molecule has 0 saturated carbocycles. The van der Waals surface area contributed by atoms with E-state index in [2.05, 4.69) is 15.2 Å². The highest BCUT2D eigenvalue weighted by Crippen LogP contribution is 2.35. The van der Waals surface area contributed by atoms with Crippen molar-refractivity contribution in [2.24, 2.45) is 5.92 Å². The first-order chi connectivity index (χ1) is 11.6. The number of pyridine rings is 1. The van der Waals surface area contributed by atoms with Gasteiger partial charge in [0.25, 0.3) is 0 Å². The highest BCUT2D eigenvalue weighted by molar-refractivity contribution is 7.19. The van der Waals surface area contributed by atoms with E-state index in [-0.39, 0.29) is 11.8 Å². The maximum Gasteiger partial charge on any atom is 0.222 e. The Labute approximate surface area is 145 Å². The zero-order valence-electron chi connectivity index (χ0n) is 14.0. The quantitative estimate of drug-likeness (QED) is 0.900. The molecule has 0 aromatic carbocycles. The van der Waals surface area contributed by atoms with Crippen LogP contribution in [0.2, 0.25) is 0 Å². The van der Waals surface area contributed by atoms with Crippen LogP contribution < -0.4 is 10.2 Å². The second-order valence-electron chi connectivity index (χ2n) is 5.98. The van der Waals surface area contributed by atoms with Crippen LogP contribution in [0.4, 0.5) is 5.13 Å². The molecule has 0 radical (unpaired) electrons. The molecule has 0 unspecified atom stereocenters. The largest absolute Gasteiger partial charge is 0.378 e. The van der Waals surface area contributed by atoms with E-state index in [1.165, 1.54) is 0 Å². The zero-order chi connectivity index (χ0) is 16.9. The van der Waals surface area contributed by atoms with Crippen molar-refractivity contribution >= 4 is 22.4 Å². The van der Waals surface area contributed by atoms with E-state index in [0.717, 1.165) is 47.6 Å². The number of aromatic nitrogens is 2. The summed E-state index contributed by atoms with van der Waals surface area (Å²) in [6.07, 6.45) is 3.56. The van der Waals surface area contributed by atoms with Gasteiger partial charge in [0.2, 0.25) is 5.91 Å². The summed E-state index contributed by atoms with van der Waals surface area (Å²) in [5, 5.41) is 3.96. The third-order valence-corrected chi connectivity index (χ3v) is 5.07. The maximum absolute atomic E-state index is 11.9. The summed E-state index contributed by atoms with van der Waals surface area (Å²) in [6, 6.07) is 3.95. The number of carbonyl (C=O) groups excluding carboxylic acids is 1. The molecule has 0 bridgehead atoms. The fraction of sp³-hybridized carbons (Fsp3) is 0.471. The summed E-state index contributed by atoms with van der Waals surface area (Å²) in [5.74, 6) is 0.00308. The molecule has 2 aromatic heterocycles. The van der Waals surface area contributed by atoms with Gasteiger partial charge in [0.15, 0.2) is 5.13 Å². The highest BCUT2D eigenvalue weighted by Gasteiger charge is 2.20. The minimum atomic E-state index is -0.0354. The number of hydrogen-bond donors (Lipinski definition) is 1. The average Bonchev–Trinajstić information content (AvgIpc) is 3.05. The Morgan fingerprint density at radius 1 is 1.33 bits per heavy atom. The van der Waals surface area contributed by atoms with Gasteiger partial charge in [-0.2, -0.15) is 0 Å². The van der Waals surface area contributed by atoms with Gasteiger partial charge in [0.05, 0.1) is 30.3 Å². The third kappa shape index (κ3) is 3.91. The standard InChI is InChI=1S/C17H22N4O2S/c1-12(2)16(22)19-11-14-15(13-3-5-18-6-4-13)24-17(20-14)21-7-9-23-10-8-21/h3-6,12H,7-11H2,1-2H3,(H,19,22). The van der Waals surface area contributed by atoms with E-state index >= 15 is 0 Å². The predicted molar refractivity (Wildman–Crippen MR) is 95.1 cm³/mol. The molecule has 7 heteroatoms. The highest BCUT2D eigenvalue weighted by atomic mass is 32.1. The van der Waals surface area contributed by atoms with Crippen molar-refractivity contribution < 1.29 is 9.53 Å². The number of carbonyl (C=O) groups is 1. The van der Waals surface area contributed by atoms with Crippen LogP contribution in [-0.2, 0) is 16.1 Å². The number of ether oxygens (including phenoxy) is 1. The molecular formula is C17H22N4O2S. The first-order valence-corrected chi connectivity index (χ1v) is 8.97. The van der Waals surface area contributed by atoms with Crippen molar-refractivity contribution in [3.63, 3.8) is 0 Å². The van der Waals surface area contributed by atoms with Gasteiger partial charge < -0.3 is 15.0 Å². The van der Waals surface area contributed by atoms with E-state index < -0.39 is 0 Å². The van der Waals surface area contributed by atoms with E-state index in [0.29, 0.717) is 6.54 Å². The van der Waals surface area contributed by atoms with Crippen molar-refractivity contribution in [1.29, 1.82) is 0 Å². The lowest BCUT2D eigenvalue weighted by Gasteiger charge is -2.26. The number of amides is 1. The number of rotatable bonds is 5. The molecule has 6 nitrogen and oxygen atoms in total. The summed E-state index contributed by atoms with van der Waals surface area (Å²) < 4.78 is 5.42. The number of morpholine rings is 1. The monoisotopic (exact) mass is 346 g/mol. The Balaban J connectivity index is 1.86. The van der Waals surface area contributed by atoms with Crippen molar-refractivity contribution in [3.8, 4) is 10.4 Å². The van der Waals surface area contributed by atoms with E-state index in [9.17, 15) is 4.79 Å². The van der Waals surface area contributed by atoms with Crippen LogP contribution >= 0.6 is 11.3 Å². The molecule has 1 amide bonds. The lowest BCUT2D eigenvalue weighted by atomic mass is 10.2. The molecule has 1 aliphatic rings. The normalized spacial score (nSPS) is 14.9. The first-order valence-electron chi connectivity index (χ1n) is 8.15. The summed E-state index contributed by atoms with van der Waals surface area (Å²) in [5.41, 5.74) is 1.98. The Bertz CT molecular complexity index is 681. The second-order valence-corrected chi connectivity index (χ2v) is 6.96. The first kappa shape index (κ1) is 16.9. The topological polar surface area (TPSA) is 67.4 Å². The molecule has 24 heavy (non-hydrogen) atoms. The number of anilines is 1. The van der Waals surface area contributed by atoms with E-state index in [1.54, 1.807) is 23.7 Å². The summed E-state index contributed by atoms with van der Waals surface area (Å²) >= 11 is 1.66. The third-order valence-electron chi connectivity index (χ3n) is 3.86.